The molecule has 3 aromatic carbocycles. The highest BCUT2D eigenvalue weighted by Gasteiger charge is 2.45. The van der Waals surface area contributed by atoms with Gasteiger partial charge in [0.25, 0.3) is 0 Å². The number of rotatable bonds is 4. The Morgan fingerprint density at radius 3 is 2.07 bits per heavy atom. The Kier molecular flexibility index (Phi) is 4.15. The predicted molar refractivity (Wildman–Crippen MR) is 97.4 cm³/mol. The monoisotopic (exact) mass is 366 g/mol. The summed E-state index contributed by atoms with van der Waals surface area (Å²) in [6, 6.07) is 15.5. The summed E-state index contributed by atoms with van der Waals surface area (Å²) < 4.78 is 29.1. The molecule has 0 spiro atoms. The van der Waals surface area contributed by atoms with Crippen molar-refractivity contribution in [2.75, 3.05) is 0 Å². The lowest BCUT2D eigenvalue weighted by atomic mass is 9.97. The molecule has 0 bridgehead atoms. The van der Waals surface area contributed by atoms with Gasteiger partial charge in [-0.25, -0.2) is 8.78 Å². The second kappa shape index (κ2) is 6.50. The lowest BCUT2D eigenvalue weighted by Gasteiger charge is -2.09. The van der Waals surface area contributed by atoms with Crippen LogP contribution in [0.4, 0.5) is 8.78 Å². The molecule has 0 aliphatic heterocycles. The van der Waals surface area contributed by atoms with Gasteiger partial charge in [0.15, 0.2) is 0 Å². The molecule has 5 heteroatoms. The molecule has 1 fully saturated rings. The second-order valence-corrected chi connectivity index (χ2v) is 6.76. The smallest absolute Gasteiger partial charge is 0.307 e. The van der Waals surface area contributed by atoms with Crippen molar-refractivity contribution in [2.24, 2.45) is 5.92 Å². The predicted octanol–water partition coefficient (Wildman–Crippen LogP) is 5.19. The molecule has 0 amide bonds. The highest BCUT2D eigenvalue weighted by molar-refractivity contribution is 5.76. The maximum atomic E-state index is 14.6. The van der Waals surface area contributed by atoms with E-state index in [2.05, 4.69) is 0 Å². The molecule has 4 rings (SSSR count). The third-order valence-corrected chi connectivity index (χ3v) is 4.99. The maximum Gasteiger partial charge on any atom is 0.307 e. The van der Waals surface area contributed by atoms with Crippen LogP contribution in [-0.2, 0) is 4.79 Å². The molecular weight excluding hydrogens is 350 g/mol. The van der Waals surface area contributed by atoms with Gasteiger partial charge in [-0.15, -0.1) is 0 Å². The topological polar surface area (TPSA) is 57.5 Å². The zero-order valence-corrected chi connectivity index (χ0v) is 14.2. The van der Waals surface area contributed by atoms with Gasteiger partial charge in [0.1, 0.15) is 17.4 Å². The largest absolute Gasteiger partial charge is 0.508 e. The van der Waals surface area contributed by atoms with Crippen molar-refractivity contribution in [3.05, 3.63) is 77.9 Å². The van der Waals surface area contributed by atoms with Crippen LogP contribution in [-0.4, -0.2) is 16.2 Å². The van der Waals surface area contributed by atoms with E-state index in [1.165, 1.54) is 24.3 Å². The quantitative estimate of drug-likeness (QED) is 0.668. The first-order valence-electron chi connectivity index (χ1n) is 8.55. The normalized spacial score (nSPS) is 18.3. The van der Waals surface area contributed by atoms with E-state index >= 15 is 0 Å². The highest BCUT2D eigenvalue weighted by Crippen LogP contribution is 2.48. The van der Waals surface area contributed by atoms with Gasteiger partial charge in [-0.05, 0) is 52.9 Å². The van der Waals surface area contributed by atoms with Gasteiger partial charge in [0.05, 0.1) is 5.92 Å². The van der Waals surface area contributed by atoms with Crippen LogP contribution in [0.3, 0.4) is 0 Å². The molecule has 27 heavy (non-hydrogen) atoms. The van der Waals surface area contributed by atoms with Gasteiger partial charge in [-0.3, -0.25) is 4.79 Å². The molecule has 0 aromatic heterocycles. The lowest BCUT2D eigenvalue weighted by Crippen LogP contribution is -2.00. The summed E-state index contributed by atoms with van der Waals surface area (Å²) in [5.41, 5.74) is 2.45. The summed E-state index contributed by atoms with van der Waals surface area (Å²) in [6.07, 6.45) is 0.432. The fraction of sp³-hybridized carbons (Fsp3) is 0.136. The maximum absolute atomic E-state index is 14.6. The van der Waals surface area contributed by atoms with E-state index < -0.39 is 23.5 Å². The number of hydrogen-bond acceptors (Lipinski definition) is 2. The summed E-state index contributed by atoms with van der Waals surface area (Å²) in [5, 5.41) is 18.3. The zero-order chi connectivity index (χ0) is 19.1. The summed E-state index contributed by atoms with van der Waals surface area (Å²) >= 11 is 0. The van der Waals surface area contributed by atoms with Crippen molar-refractivity contribution in [3.63, 3.8) is 0 Å². The molecular formula is C22H16F2O3. The molecule has 0 heterocycles. The zero-order valence-electron chi connectivity index (χ0n) is 14.2. The average Bonchev–Trinajstić information content (AvgIpc) is 3.43. The van der Waals surface area contributed by atoms with Crippen molar-refractivity contribution < 1.29 is 23.8 Å². The van der Waals surface area contributed by atoms with Crippen LogP contribution in [0.2, 0.25) is 0 Å². The number of carbonyl (C=O) groups is 1. The molecule has 1 aliphatic rings. The first kappa shape index (κ1) is 17.2. The van der Waals surface area contributed by atoms with Gasteiger partial charge < -0.3 is 10.2 Å². The number of aliphatic carboxylic acids is 1. The molecule has 2 unspecified atom stereocenters. The molecule has 2 atom stereocenters. The number of halogens is 2. The van der Waals surface area contributed by atoms with Crippen LogP contribution in [0.25, 0.3) is 22.3 Å². The molecule has 3 aromatic rings. The molecule has 2 N–H and O–H groups in total. The van der Waals surface area contributed by atoms with Gasteiger partial charge in [0, 0.05) is 11.5 Å². The molecule has 0 saturated heterocycles. The van der Waals surface area contributed by atoms with E-state index in [1.807, 2.05) is 0 Å². The van der Waals surface area contributed by atoms with Crippen molar-refractivity contribution in [1.29, 1.82) is 0 Å². The molecule has 3 nitrogen and oxygen atoms in total. The van der Waals surface area contributed by atoms with Crippen molar-refractivity contribution in [3.8, 4) is 28.0 Å². The number of hydrogen-bond donors (Lipinski definition) is 2. The van der Waals surface area contributed by atoms with Crippen LogP contribution in [0, 0.1) is 17.6 Å². The molecule has 0 radical (unpaired) electrons. The van der Waals surface area contributed by atoms with Crippen LogP contribution in [0.5, 0.6) is 5.75 Å². The highest BCUT2D eigenvalue weighted by atomic mass is 19.1. The fourth-order valence-electron chi connectivity index (χ4n) is 3.39. The Hall–Kier alpha value is -3.21. The molecule has 136 valence electrons. The van der Waals surface area contributed by atoms with Crippen molar-refractivity contribution in [1.82, 2.24) is 0 Å². The number of benzene rings is 3. The van der Waals surface area contributed by atoms with Crippen LogP contribution >= 0.6 is 0 Å². The van der Waals surface area contributed by atoms with E-state index in [9.17, 15) is 18.7 Å². The standard InChI is InChI=1S/C22H16F2O3/c23-20-9-13(12-1-5-15(25)6-2-12)3-7-16(20)14-4-8-17(21(24)10-14)18-11-19(18)22(26)27/h1-10,18-19,25H,11H2,(H,26,27). The summed E-state index contributed by atoms with van der Waals surface area (Å²) in [4.78, 5) is 11.0. The summed E-state index contributed by atoms with van der Waals surface area (Å²) in [7, 11) is 0. The van der Waals surface area contributed by atoms with Gasteiger partial charge in [-0.2, -0.15) is 0 Å². The van der Waals surface area contributed by atoms with Gasteiger partial charge in [-0.1, -0.05) is 36.4 Å². The number of carboxylic acids is 1. The first-order valence-corrected chi connectivity index (χ1v) is 8.55. The number of phenols is 1. The SMILES string of the molecule is O=C(O)C1CC1c1ccc(-c2ccc(-c3ccc(O)cc3)cc2F)cc1F. The lowest BCUT2D eigenvalue weighted by molar-refractivity contribution is -0.138. The summed E-state index contributed by atoms with van der Waals surface area (Å²) in [5.74, 6) is -2.62. The minimum Gasteiger partial charge on any atom is -0.508 e. The van der Waals surface area contributed by atoms with Gasteiger partial charge in [0.2, 0.25) is 0 Å². The number of phenolic OH excluding ortho intramolecular Hbond substituents is 1. The van der Waals surface area contributed by atoms with Crippen molar-refractivity contribution >= 4 is 5.97 Å². The van der Waals surface area contributed by atoms with Crippen molar-refractivity contribution in [2.45, 2.75) is 12.3 Å². The fourth-order valence-corrected chi connectivity index (χ4v) is 3.39. The Morgan fingerprint density at radius 2 is 1.48 bits per heavy atom. The Balaban J connectivity index is 1.63. The Labute approximate surface area is 154 Å². The van der Waals surface area contributed by atoms with Crippen LogP contribution < -0.4 is 0 Å². The van der Waals surface area contributed by atoms with E-state index in [1.54, 1.807) is 36.4 Å². The van der Waals surface area contributed by atoms with Crippen LogP contribution in [0.1, 0.15) is 17.9 Å². The molecule has 1 aliphatic carbocycles. The first-order chi connectivity index (χ1) is 12.9. The summed E-state index contributed by atoms with van der Waals surface area (Å²) in [6.45, 7) is 0. The minimum absolute atomic E-state index is 0.132. The molecule has 1 saturated carbocycles. The van der Waals surface area contributed by atoms with E-state index in [4.69, 9.17) is 5.11 Å². The van der Waals surface area contributed by atoms with E-state index in [0.717, 1.165) is 5.56 Å². The second-order valence-electron chi connectivity index (χ2n) is 6.76. The Bertz CT molecular complexity index is 1030. The van der Waals surface area contributed by atoms with E-state index in [0.29, 0.717) is 23.1 Å². The third-order valence-electron chi connectivity index (χ3n) is 4.99. The van der Waals surface area contributed by atoms with Crippen LogP contribution in [0.15, 0.2) is 60.7 Å². The Morgan fingerprint density at radius 1 is 0.852 bits per heavy atom. The van der Waals surface area contributed by atoms with Gasteiger partial charge >= 0.3 is 5.97 Å². The minimum atomic E-state index is -0.917. The van der Waals surface area contributed by atoms with E-state index in [-0.39, 0.29) is 17.2 Å². The average molecular weight is 366 g/mol. The number of carboxylic acid groups (broad SMARTS) is 1. The number of aromatic hydroxyl groups is 1. The third kappa shape index (κ3) is 3.28.